The molecule has 1 heterocycles. The van der Waals surface area contributed by atoms with Crippen LogP contribution in [0.3, 0.4) is 0 Å². The van der Waals surface area contributed by atoms with Gasteiger partial charge in [-0.3, -0.25) is 4.79 Å². The number of nitrogen functional groups attached to an aromatic ring is 1. The fraction of sp³-hybridized carbons (Fsp3) is 0.160. The predicted molar refractivity (Wildman–Crippen MR) is 134 cm³/mol. The van der Waals surface area contributed by atoms with E-state index in [0.717, 1.165) is 11.3 Å². The molecule has 0 radical (unpaired) electrons. The second-order valence-corrected chi connectivity index (χ2v) is 8.35. The number of methoxy groups -OCH3 is 2. The van der Waals surface area contributed by atoms with Gasteiger partial charge in [-0.1, -0.05) is 30.0 Å². The highest BCUT2D eigenvalue weighted by Crippen LogP contribution is 2.23. The van der Waals surface area contributed by atoms with Crippen molar-refractivity contribution in [3.63, 3.8) is 0 Å². The molecule has 0 aliphatic carbocycles. The molecule has 1 amide bonds. The fourth-order valence-corrected chi connectivity index (χ4v) is 3.95. The van der Waals surface area contributed by atoms with Crippen LogP contribution in [0.5, 0.6) is 17.2 Å². The normalized spacial score (nSPS) is 10.6. The number of carbonyl (C=O) groups excluding carboxylic acids is 1. The zero-order valence-electron chi connectivity index (χ0n) is 19.3. The molecular weight excluding hydrogens is 466 g/mol. The molecule has 0 saturated heterocycles. The minimum absolute atomic E-state index is 0.176. The van der Waals surface area contributed by atoms with Crippen LogP contribution in [0.15, 0.2) is 78.0 Å². The zero-order valence-corrected chi connectivity index (χ0v) is 20.1. The fourth-order valence-electron chi connectivity index (χ4n) is 3.12. The van der Waals surface area contributed by atoms with Crippen molar-refractivity contribution in [2.45, 2.75) is 17.5 Å². The van der Waals surface area contributed by atoms with E-state index in [0.29, 0.717) is 39.5 Å². The number of benzene rings is 3. The first-order chi connectivity index (χ1) is 17.1. The Labute approximate surface area is 207 Å². The molecule has 0 unspecified atom stereocenters. The van der Waals surface area contributed by atoms with Crippen molar-refractivity contribution in [2.75, 3.05) is 25.4 Å². The molecule has 9 nitrogen and oxygen atoms in total. The largest absolute Gasteiger partial charge is 0.497 e. The lowest BCUT2D eigenvalue weighted by Crippen LogP contribution is -2.15. The SMILES string of the molecule is COc1ccc(NC(=O)c2ccc(CSc3nnc(COc4cccc(OC)c4)n3N)cc2)cc1. The van der Waals surface area contributed by atoms with Crippen LogP contribution >= 0.6 is 11.8 Å². The number of carbonyl (C=O) groups is 1. The van der Waals surface area contributed by atoms with Crippen molar-refractivity contribution < 1.29 is 19.0 Å². The van der Waals surface area contributed by atoms with Crippen LogP contribution in [0.4, 0.5) is 5.69 Å². The predicted octanol–water partition coefficient (Wildman–Crippen LogP) is 4.13. The number of ether oxygens (including phenoxy) is 3. The topological polar surface area (TPSA) is 114 Å². The number of nitrogens with two attached hydrogens (primary N) is 1. The van der Waals surface area contributed by atoms with Gasteiger partial charge in [-0.25, -0.2) is 4.68 Å². The summed E-state index contributed by atoms with van der Waals surface area (Å²) < 4.78 is 17.5. The lowest BCUT2D eigenvalue weighted by molar-refractivity contribution is 0.102. The van der Waals surface area contributed by atoms with Gasteiger partial charge in [0.1, 0.15) is 23.9 Å². The summed E-state index contributed by atoms with van der Waals surface area (Å²) >= 11 is 1.45. The van der Waals surface area contributed by atoms with E-state index in [1.54, 1.807) is 56.7 Å². The van der Waals surface area contributed by atoms with Crippen molar-refractivity contribution in [2.24, 2.45) is 0 Å². The van der Waals surface area contributed by atoms with E-state index in [9.17, 15) is 4.79 Å². The highest BCUT2D eigenvalue weighted by Gasteiger charge is 2.12. The van der Waals surface area contributed by atoms with Crippen molar-refractivity contribution >= 4 is 23.4 Å². The number of amides is 1. The second-order valence-electron chi connectivity index (χ2n) is 7.40. The van der Waals surface area contributed by atoms with Gasteiger partial charge in [0.15, 0.2) is 5.82 Å². The lowest BCUT2D eigenvalue weighted by Gasteiger charge is -2.08. The molecule has 0 saturated carbocycles. The Morgan fingerprint density at radius 1 is 0.943 bits per heavy atom. The Kier molecular flexibility index (Phi) is 7.74. The number of anilines is 1. The Balaban J connectivity index is 1.30. The smallest absolute Gasteiger partial charge is 0.255 e. The standard InChI is InChI=1S/C25H25N5O4S/c1-32-20-12-10-19(11-13-20)27-24(31)18-8-6-17(7-9-18)16-35-25-29-28-23(30(25)26)15-34-22-5-3-4-21(14-22)33-2/h3-14H,15-16,26H2,1-2H3,(H,27,31). The Bertz CT molecular complexity index is 1280. The maximum atomic E-state index is 12.5. The van der Waals surface area contributed by atoms with Crippen LogP contribution < -0.4 is 25.4 Å². The Hall–Kier alpha value is -4.18. The summed E-state index contributed by atoms with van der Waals surface area (Å²) in [7, 11) is 3.20. The van der Waals surface area contributed by atoms with Gasteiger partial charge in [-0.05, 0) is 54.1 Å². The highest BCUT2D eigenvalue weighted by atomic mass is 32.2. The Morgan fingerprint density at radius 3 is 2.37 bits per heavy atom. The van der Waals surface area contributed by atoms with Gasteiger partial charge < -0.3 is 25.4 Å². The number of nitrogens with one attached hydrogen (secondary N) is 1. The van der Waals surface area contributed by atoms with E-state index >= 15 is 0 Å². The van der Waals surface area contributed by atoms with E-state index in [2.05, 4.69) is 15.5 Å². The second kappa shape index (κ2) is 11.3. The van der Waals surface area contributed by atoms with Gasteiger partial charge in [0.25, 0.3) is 5.91 Å². The van der Waals surface area contributed by atoms with Gasteiger partial charge >= 0.3 is 0 Å². The van der Waals surface area contributed by atoms with Crippen molar-refractivity contribution in [3.8, 4) is 17.2 Å². The molecule has 4 aromatic rings. The van der Waals surface area contributed by atoms with Gasteiger partial charge in [-0.15, -0.1) is 10.2 Å². The highest BCUT2D eigenvalue weighted by molar-refractivity contribution is 7.98. The number of rotatable bonds is 10. The van der Waals surface area contributed by atoms with Crippen LogP contribution in [0, 0.1) is 0 Å². The van der Waals surface area contributed by atoms with Crippen LogP contribution in [0.2, 0.25) is 0 Å². The average Bonchev–Trinajstić information content (AvgIpc) is 3.26. The molecule has 0 fully saturated rings. The summed E-state index contributed by atoms with van der Waals surface area (Å²) in [5, 5.41) is 11.7. The van der Waals surface area contributed by atoms with Crippen LogP contribution in [-0.2, 0) is 12.4 Å². The van der Waals surface area contributed by atoms with E-state index in [1.807, 2.05) is 30.3 Å². The molecule has 0 aliphatic heterocycles. The van der Waals surface area contributed by atoms with Gasteiger partial charge in [0.05, 0.1) is 14.2 Å². The summed E-state index contributed by atoms with van der Waals surface area (Å²) in [4.78, 5) is 12.5. The molecule has 0 spiro atoms. The third-order valence-electron chi connectivity index (χ3n) is 5.08. The summed E-state index contributed by atoms with van der Waals surface area (Å²) in [5.41, 5.74) is 2.28. The van der Waals surface area contributed by atoms with Crippen molar-refractivity contribution in [1.29, 1.82) is 0 Å². The molecule has 3 N–H and O–H groups in total. The maximum absolute atomic E-state index is 12.5. The van der Waals surface area contributed by atoms with Crippen molar-refractivity contribution in [3.05, 3.63) is 89.7 Å². The molecule has 10 heteroatoms. The first-order valence-corrected chi connectivity index (χ1v) is 11.7. The Morgan fingerprint density at radius 2 is 1.66 bits per heavy atom. The van der Waals surface area contributed by atoms with E-state index in [4.69, 9.17) is 20.1 Å². The van der Waals surface area contributed by atoms with Crippen LogP contribution in [0.1, 0.15) is 21.7 Å². The summed E-state index contributed by atoms with van der Waals surface area (Å²) in [6, 6.07) is 21.9. The van der Waals surface area contributed by atoms with Gasteiger partial charge in [-0.2, -0.15) is 0 Å². The number of thioether (sulfide) groups is 1. The molecule has 3 aromatic carbocycles. The summed E-state index contributed by atoms with van der Waals surface area (Å²) in [6.07, 6.45) is 0. The number of hydrogen-bond donors (Lipinski definition) is 2. The molecule has 180 valence electrons. The molecule has 4 rings (SSSR count). The monoisotopic (exact) mass is 491 g/mol. The number of aromatic nitrogens is 3. The van der Waals surface area contributed by atoms with Gasteiger partial charge in [0, 0.05) is 23.1 Å². The van der Waals surface area contributed by atoms with Crippen LogP contribution in [0.25, 0.3) is 0 Å². The minimum atomic E-state index is -0.184. The summed E-state index contributed by atoms with van der Waals surface area (Å²) in [6.45, 7) is 0.176. The molecular formula is C25H25N5O4S. The van der Waals surface area contributed by atoms with Gasteiger partial charge in [0.2, 0.25) is 5.16 Å². The number of nitrogens with zero attached hydrogens (tertiary/aromatic N) is 3. The van der Waals surface area contributed by atoms with Crippen molar-refractivity contribution in [1.82, 2.24) is 14.9 Å². The van der Waals surface area contributed by atoms with Crippen LogP contribution in [-0.4, -0.2) is 35.0 Å². The third kappa shape index (κ3) is 6.24. The third-order valence-corrected chi connectivity index (χ3v) is 6.09. The molecule has 0 bridgehead atoms. The lowest BCUT2D eigenvalue weighted by atomic mass is 10.1. The average molecular weight is 492 g/mol. The zero-order chi connectivity index (χ0) is 24.6. The quantitative estimate of drug-likeness (QED) is 0.251. The van der Waals surface area contributed by atoms with E-state index in [-0.39, 0.29) is 12.5 Å². The maximum Gasteiger partial charge on any atom is 0.255 e. The minimum Gasteiger partial charge on any atom is -0.497 e. The number of hydrogen-bond acceptors (Lipinski definition) is 8. The van der Waals surface area contributed by atoms with E-state index in [1.165, 1.54) is 16.4 Å². The molecule has 0 aliphatic rings. The van der Waals surface area contributed by atoms with E-state index < -0.39 is 0 Å². The molecule has 1 aromatic heterocycles. The summed E-state index contributed by atoms with van der Waals surface area (Å²) in [5.74, 6) is 9.17. The first-order valence-electron chi connectivity index (χ1n) is 10.7. The molecule has 0 atom stereocenters. The molecule has 35 heavy (non-hydrogen) atoms. The first kappa shape index (κ1) is 24.0.